The minimum absolute atomic E-state index is 0.0120. The number of likely N-dealkylation sites (tertiary alicyclic amines) is 1. The predicted molar refractivity (Wildman–Crippen MR) is 146 cm³/mol. The lowest BCUT2D eigenvalue weighted by atomic mass is 9.95. The van der Waals surface area contributed by atoms with E-state index in [1.807, 2.05) is 53.1 Å². The van der Waals surface area contributed by atoms with Crippen LogP contribution in [0.25, 0.3) is 6.08 Å². The number of para-hydroxylation sites is 2. The number of piperidine rings is 1. The van der Waals surface area contributed by atoms with Gasteiger partial charge in [0.2, 0.25) is 11.8 Å². The molecule has 0 atom stereocenters. The quantitative estimate of drug-likeness (QED) is 0.334. The smallest absolute Gasteiger partial charge is 0.246 e. The molecule has 1 N–H and O–H groups in total. The van der Waals surface area contributed by atoms with Gasteiger partial charge in [-0.3, -0.25) is 9.59 Å². The second-order valence-electron chi connectivity index (χ2n) is 9.18. The number of fused-ring (bicyclic) bond motifs is 2. The van der Waals surface area contributed by atoms with Gasteiger partial charge in [-0.1, -0.05) is 66.4 Å². The molecule has 2 aliphatic heterocycles. The van der Waals surface area contributed by atoms with Gasteiger partial charge < -0.3 is 15.1 Å². The minimum atomic E-state index is -0.0278. The number of carbonyl (C=O) groups is 2. The molecule has 0 aromatic heterocycles. The molecule has 5 rings (SSSR count). The molecular weight excluding hydrogens is 466 g/mol. The number of hydrogen-bond acceptors (Lipinski definition) is 4. The van der Waals surface area contributed by atoms with Gasteiger partial charge in [0.1, 0.15) is 0 Å². The van der Waals surface area contributed by atoms with Crippen molar-refractivity contribution in [2.45, 2.75) is 29.1 Å². The molecule has 2 aliphatic rings. The summed E-state index contributed by atoms with van der Waals surface area (Å²) >= 11 is 1.81. The van der Waals surface area contributed by atoms with Crippen molar-refractivity contribution < 1.29 is 9.59 Å². The molecule has 36 heavy (non-hydrogen) atoms. The molecule has 184 valence electrons. The number of nitrogens with zero attached hydrogens (tertiary/aromatic N) is 2. The van der Waals surface area contributed by atoms with E-state index in [0.717, 1.165) is 18.5 Å². The second kappa shape index (κ2) is 11.5. The molecule has 5 nitrogen and oxygen atoms in total. The van der Waals surface area contributed by atoms with Gasteiger partial charge in [0.15, 0.2) is 0 Å². The normalized spacial score (nSPS) is 15.4. The number of carbonyl (C=O) groups excluding carboxylic acids is 2. The summed E-state index contributed by atoms with van der Waals surface area (Å²) in [6, 6.07) is 26.8. The third kappa shape index (κ3) is 5.65. The first-order chi connectivity index (χ1) is 17.7. The Morgan fingerprint density at radius 3 is 2.14 bits per heavy atom. The van der Waals surface area contributed by atoms with Crippen molar-refractivity contribution in [2.75, 3.05) is 31.1 Å². The zero-order chi connectivity index (χ0) is 24.7. The van der Waals surface area contributed by atoms with Gasteiger partial charge in [-0.2, -0.15) is 0 Å². The Morgan fingerprint density at radius 1 is 0.861 bits per heavy atom. The average molecular weight is 498 g/mol. The lowest BCUT2D eigenvalue weighted by Crippen LogP contribution is -2.42. The van der Waals surface area contributed by atoms with Crippen molar-refractivity contribution in [3.63, 3.8) is 0 Å². The van der Waals surface area contributed by atoms with E-state index in [-0.39, 0.29) is 17.7 Å². The molecule has 2 heterocycles. The van der Waals surface area contributed by atoms with E-state index in [2.05, 4.69) is 58.7 Å². The molecule has 6 heteroatoms. The van der Waals surface area contributed by atoms with Crippen LogP contribution in [0, 0.1) is 5.92 Å². The lowest BCUT2D eigenvalue weighted by molar-refractivity contribution is -0.132. The highest BCUT2D eigenvalue weighted by Crippen LogP contribution is 2.47. The van der Waals surface area contributed by atoms with Crippen LogP contribution in [0.3, 0.4) is 0 Å². The Balaban J connectivity index is 1.08. The summed E-state index contributed by atoms with van der Waals surface area (Å²) in [5.74, 6) is 0.0925. The summed E-state index contributed by atoms with van der Waals surface area (Å²) in [5.41, 5.74) is 3.46. The molecule has 0 bridgehead atoms. The summed E-state index contributed by atoms with van der Waals surface area (Å²) in [6.07, 6.45) is 5.76. The van der Waals surface area contributed by atoms with Gasteiger partial charge in [-0.05, 0) is 55.2 Å². The Kier molecular flexibility index (Phi) is 7.72. The van der Waals surface area contributed by atoms with Crippen molar-refractivity contribution in [3.8, 4) is 0 Å². The van der Waals surface area contributed by atoms with Crippen LogP contribution in [-0.2, 0) is 9.59 Å². The van der Waals surface area contributed by atoms with Crippen LogP contribution in [-0.4, -0.2) is 42.9 Å². The second-order valence-corrected chi connectivity index (χ2v) is 10.3. The molecule has 3 aromatic carbocycles. The van der Waals surface area contributed by atoms with E-state index in [9.17, 15) is 9.59 Å². The van der Waals surface area contributed by atoms with Crippen LogP contribution in [0.2, 0.25) is 0 Å². The molecule has 1 saturated heterocycles. The third-order valence-corrected chi connectivity index (χ3v) is 7.92. The third-order valence-electron chi connectivity index (χ3n) is 6.79. The Hall–Kier alpha value is -3.51. The summed E-state index contributed by atoms with van der Waals surface area (Å²) in [6.45, 7) is 2.73. The monoisotopic (exact) mass is 497 g/mol. The Bertz CT molecular complexity index is 1190. The van der Waals surface area contributed by atoms with E-state index >= 15 is 0 Å². The van der Waals surface area contributed by atoms with E-state index in [1.54, 1.807) is 6.08 Å². The van der Waals surface area contributed by atoms with Crippen molar-refractivity contribution in [1.29, 1.82) is 0 Å². The van der Waals surface area contributed by atoms with E-state index < -0.39 is 0 Å². The van der Waals surface area contributed by atoms with Crippen LogP contribution < -0.4 is 10.2 Å². The average Bonchev–Trinajstić information content (AvgIpc) is 2.94. The SMILES string of the molecule is O=C(NCCCN1c2ccccc2Sc2ccccc21)C1CCN(C(=O)/C=C/c2ccccc2)CC1. The molecule has 3 aromatic rings. The summed E-state index contributed by atoms with van der Waals surface area (Å²) in [4.78, 5) is 32.0. The molecule has 0 unspecified atom stereocenters. The molecule has 2 amide bonds. The van der Waals surface area contributed by atoms with E-state index in [1.165, 1.54) is 21.2 Å². The zero-order valence-electron chi connectivity index (χ0n) is 20.3. The molecule has 0 spiro atoms. The summed E-state index contributed by atoms with van der Waals surface area (Å²) in [7, 11) is 0. The number of benzene rings is 3. The van der Waals surface area contributed by atoms with E-state index in [0.29, 0.717) is 32.5 Å². The highest BCUT2D eigenvalue weighted by molar-refractivity contribution is 7.99. The fourth-order valence-corrected chi connectivity index (χ4v) is 5.91. The standard InChI is InChI=1S/C30H31N3O2S/c34-29(16-15-23-9-2-1-3-10-23)32-21-17-24(18-22-32)30(35)31-19-8-20-33-25-11-4-6-13-27(25)36-28-14-7-5-12-26(28)33/h1-7,9-16,24H,8,17-22H2,(H,31,35)/b16-15+. The first-order valence-electron chi connectivity index (χ1n) is 12.6. The van der Waals surface area contributed by atoms with Crippen molar-refractivity contribution in [2.24, 2.45) is 5.92 Å². The Labute approximate surface area is 217 Å². The van der Waals surface area contributed by atoms with E-state index in [4.69, 9.17) is 0 Å². The van der Waals surface area contributed by atoms with Crippen LogP contribution in [0.5, 0.6) is 0 Å². The maximum Gasteiger partial charge on any atom is 0.246 e. The number of amides is 2. The maximum absolute atomic E-state index is 12.8. The molecule has 0 radical (unpaired) electrons. The largest absolute Gasteiger partial charge is 0.356 e. The number of rotatable bonds is 7. The van der Waals surface area contributed by atoms with Crippen molar-refractivity contribution in [3.05, 3.63) is 90.5 Å². The zero-order valence-corrected chi connectivity index (χ0v) is 21.1. The Morgan fingerprint density at radius 2 is 1.47 bits per heavy atom. The highest BCUT2D eigenvalue weighted by Gasteiger charge is 2.27. The van der Waals surface area contributed by atoms with Gasteiger partial charge >= 0.3 is 0 Å². The van der Waals surface area contributed by atoms with Crippen LogP contribution in [0.15, 0.2) is 94.7 Å². The summed E-state index contributed by atoms with van der Waals surface area (Å²) in [5, 5.41) is 3.14. The molecule has 1 fully saturated rings. The molecular formula is C30H31N3O2S. The van der Waals surface area contributed by atoms with Gasteiger partial charge in [0, 0.05) is 48.0 Å². The maximum atomic E-state index is 12.8. The topological polar surface area (TPSA) is 52.7 Å². The van der Waals surface area contributed by atoms with Crippen LogP contribution in [0.4, 0.5) is 11.4 Å². The fourth-order valence-electron chi connectivity index (χ4n) is 4.81. The van der Waals surface area contributed by atoms with Crippen LogP contribution in [0.1, 0.15) is 24.8 Å². The van der Waals surface area contributed by atoms with Crippen molar-refractivity contribution in [1.82, 2.24) is 10.2 Å². The van der Waals surface area contributed by atoms with Crippen molar-refractivity contribution >= 4 is 41.0 Å². The minimum Gasteiger partial charge on any atom is -0.356 e. The summed E-state index contributed by atoms with van der Waals surface area (Å²) < 4.78 is 0. The molecule has 0 aliphatic carbocycles. The van der Waals surface area contributed by atoms with Gasteiger partial charge in [-0.15, -0.1) is 0 Å². The first-order valence-corrected chi connectivity index (χ1v) is 13.4. The van der Waals surface area contributed by atoms with Gasteiger partial charge in [0.25, 0.3) is 0 Å². The number of hydrogen-bond donors (Lipinski definition) is 1. The lowest BCUT2D eigenvalue weighted by Gasteiger charge is -2.33. The number of anilines is 2. The number of nitrogens with one attached hydrogen (secondary N) is 1. The fraction of sp³-hybridized carbons (Fsp3) is 0.267. The molecule has 0 saturated carbocycles. The predicted octanol–water partition coefficient (Wildman–Crippen LogP) is 5.75. The van der Waals surface area contributed by atoms with Gasteiger partial charge in [-0.25, -0.2) is 0 Å². The highest BCUT2D eigenvalue weighted by atomic mass is 32.2. The van der Waals surface area contributed by atoms with Gasteiger partial charge in [0.05, 0.1) is 11.4 Å². The first kappa shape index (κ1) is 24.2. The van der Waals surface area contributed by atoms with Crippen LogP contribution >= 0.6 is 11.8 Å².